The number of benzene rings is 1. The first-order valence-electron chi connectivity index (χ1n) is 9.69. The van der Waals surface area contributed by atoms with Gasteiger partial charge in [-0.15, -0.1) is 0 Å². The van der Waals surface area contributed by atoms with Crippen LogP contribution >= 0.6 is 11.6 Å². The van der Waals surface area contributed by atoms with E-state index in [1.54, 1.807) is 24.5 Å². The highest BCUT2D eigenvalue weighted by molar-refractivity contribution is 6.31. The molecule has 1 aromatic heterocycles. The summed E-state index contributed by atoms with van der Waals surface area (Å²) in [7, 11) is 0. The number of aromatic nitrogens is 2. The summed E-state index contributed by atoms with van der Waals surface area (Å²) in [5, 5.41) is 4.02. The van der Waals surface area contributed by atoms with Crippen molar-refractivity contribution in [2.45, 2.75) is 25.3 Å². The molecule has 2 aliphatic rings. The van der Waals surface area contributed by atoms with Gasteiger partial charge >= 0.3 is 0 Å². The Morgan fingerprint density at radius 3 is 2.64 bits per heavy atom. The molecular weight excluding hydrogens is 379 g/mol. The number of hydrogen-bond donors (Lipinski definition) is 1. The minimum absolute atomic E-state index is 0.0924. The summed E-state index contributed by atoms with van der Waals surface area (Å²) in [5.74, 6) is 1.51. The highest BCUT2D eigenvalue weighted by Gasteiger charge is 2.42. The molecule has 28 heavy (non-hydrogen) atoms. The van der Waals surface area contributed by atoms with Gasteiger partial charge in [0.05, 0.1) is 0 Å². The number of nitrogens with zero attached hydrogens (tertiary/aromatic N) is 5. The Morgan fingerprint density at radius 1 is 1.21 bits per heavy atom. The van der Waals surface area contributed by atoms with Gasteiger partial charge in [-0.2, -0.15) is 0 Å². The van der Waals surface area contributed by atoms with Crippen molar-refractivity contribution in [2.24, 2.45) is 4.99 Å². The molecule has 148 valence electrons. The van der Waals surface area contributed by atoms with Crippen LogP contribution in [0.25, 0.3) is 0 Å². The first-order valence-corrected chi connectivity index (χ1v) is 10.1. The molecule has 1 aliphatic carbocycles. The molecule has 2 atom stereocenters. The second-order valence-electron chi connectivity index (χ2n) is 7.05. The average Bonchev–Trinajstić information content (AvgIpc) is 3.47. The maximum absolute atomic E-state index is 14.2. The summed E-state index contributed by atoms with van der Waals surface area (Å²) >= 11 is 6.22. The molecule has 4 rings (SSSR count). The Balaban J connectivity index is 1.38. The molecule has 2 heterocycles. The van der Waals surface area contributed by atoms with Gasteiger partial charge in [0, 0.05) is 67.7 Å². The average molecular weight is 403 g/mol. The van der Waals surface area contributed by atoms with Crippen LogP contribution in [0.3, 0.4) is 0 Å². The molecule has 1 aliphatic heterocycles. The van der Waals surface area contributed by atoms with E-state index >= 15 is 0 Å². The number of guanidine groups is 1. The maximum Gasteiger partial charge on any atom is 0.225 e. The number of aliphatic imine (C=N–C) groups is 1. The molecule has 6 nitrogen and oxygen atoms in total. The number of piperazine rings is 1. The van der Waals surface area contributed by atoms with Crippen molar-refractivity contribution in [3.05, 3.63) is 53.1 Å². The Hall–Kier alpha value is -2.41. The number of rotatable bonds is 4. The van der Waals surface area contributed by atoms with Gasteiger partial charge < -0.3 is 15.1 Å². The minimum Gasteiger partial charge on any atom is -0.353 e. The first-order chi connectivity index (χ1) is 13.7. The largest absolute Gasteiger partial charge is 0.353 e. The number of anilines is 1. The fourth-order valence-corrected chi connectivity index (χ4v) is 3.97. The Kier molecular flexibility index (Phi) is 5.62. The molecule has 1 aromatic carbocycles. The summed E-state index contributed by atoms with van der Waals surface area (Å²) in [6.07, 6.45) is 4.39. The van der Waals surface area contributed by atoms with Gasteiger partial charge in [-0.25, -0.2) is 14.4 Å². The molecule has 2 fully saturated rings. The van der Waals surface area contributed by atoms with E-state index in [2.05, 4.69) is 30.1 Å². The predicted molar refractivity (Wildman–Crippen MR) is 109 cm³/mol. The fraction of sp³-hybridized carbons (Fsp3) is 0.450. The number of hydrogen-bond acceptors (Lipinski definition) is 4. The Morgan fingerprint density at radius 2 is 1.96 bits per heavy atom. The molecule has 2 unspecified atom stereocenters. The molecule has 1 saturated carbocycles. The second kappa shape index (κ2) is 8.31. The van der Waals surface area contributed by atoms with Crippen molar-refractivity contribution < 1.29 is 4.39 Å². The zero-order valence-corrected chi connectivity index (χ0v) is 16.6. The summed E-state index contributed by atoms with van der Waals surface area (Å²) in [6, 6.07) is 6.86. The van der Waals surface area contributed by atoms with Crippen LogP contribution in [0.5, 0.6) is 0 Å². The van der Waals surface area contributed by atoms with Crippen LogP contribution < -0.4 is 10.2 Å². The van der Waals surface area contributed by atoms with Gasteiger partial charge in [-0.05, 0) is 31.5 Å². The smallest absolute Gasteiger partial charge is 0.225 e. The van der Waals surface area contributed by atoms with Crippen LogP contribution in [-0.4, -0.2) is 59.6 Å². The van der Waals surface area contributed by atoms with Crippen molar-refractivity contribution in [3.63, 3.8) is 0 Å². The lowest BCUT2D eigenvalue weighted by atomic mass is 10.1. The van der Waals surface area contributed by atoms with Gasteiger partial charge in [0.2, 0.25) is 5.95 Å². The van der Waals surface area contributed by atoms with Crippen molar-refractivity contribution in [1.82, 2.24) is 20.2 Å². The number of halogens is 2. The number of nitrogens with one attached hydrogen (secondary N) is 1. The third-order valence-electron chi connectivity index (χ3n) is 5.20. The normalized spacial score (nSPS) is 22.3. The third-order valence-corrected chi connectivity index (χ3v) is 5.53. The van der Waals surface area contributed by atoms with Crippen molar-refractivity contribution in [2.75, 3.05) is 37.6 Å². The molecule has 2 aromatic rings. The van der Waals surface area contributed by atoms with E-state index in [0.29, 0.717) is 17.1 Å². The fourth-order valence-electron chi connectivity index (χ4n) is 3.66. The van der Waals surface area contributed by atoms with Crippen LogP contribution in [0.1, 0.15) is 24.8 Å². The first kappa shape index (κ1) is 18.9. The van der Waals surface area contributed by atoms with E-state index in [0.717, 1.165) is 44.5 Å². The van der Waals surface area contributed by atoms with Gasteiger partial charge in [-0.1, -0.05) is 17.7 Å². The molecule has 0 radical (unpaired) electrons. The van der Waals surface area contributed by atoms with Gasteiger partial charge in [0.15, 0.2) is 5.96 Å². The summed E-state index contributed by atoms with van der Waals surface area (Å²) in [5.41, 5.74) is 0.614. The van der Waals surface area contributed by atoms with Crippen molar-refractivity contribution in [1.29, 1.82) is 0 Å². The monoisotopic (exact) mass is 402 g/mol. The molecule has 0 amide bonds. The van der Waals surface area contributed by atoms with Gasteiger partial charge in [0.25, 0.3) is 0 Å². The van der Waals surface area contributed by atoms with E-state index in [1.165, 1.54) is 6.07 Å². The van der Waals surface area contributed by atoms with Crippen LogP contribution in [0.15, 0.2) is 41.7 Å². The zero-order valence-electron chi connectivity index (χ0n) is 15.9. The van der Waals surface area contributed by atoms with E-state index in [1.807, 2.05) is 13.0 Å². The van der Waals surface area contributed by atoms with E-state index in [9.17, 15) is 4.39 Å². The standard InChI is InChI=1S/C20H24ClFN6/c1-2-23-20(26-17-13-14(17)18-15(21)5-3-6-16(18)22)28-11-9-27(10-12-28)19-24-7-4-8-25-19/h3-8,14,17H,2,9-13H2,1H3,(H,23,26). The SMILES string of the molecule is CCN=C(NC1CC1c1c(F)cccc1Cl)N1CCN(c2ncccn2)CC1. The lowest BCUT2D eigenvalue weighted by Crippen LogP contribution is -2.53. The minimum atomic E-state index is -0.229. The van der Waals surface area contributed by atoms with E-state index in [-0.39, 0.29) is 17.8 Å². The van der Waals surface area contributed by atoms with Gasteiger partial charge in [0.1, 0.15) is 5.82 Å². The third kappa shape index (κ3) is 4.04. The van der Waals surface area contributed by atoms with E-state index < -0.39 is 0 Å². The molecule has 8 heteroatoms. The lowest BCUT2D eigenvalue weighted by molar-refractivity contribution is 0.369. The summed E-state index contributed by atoms with van der Waals surface area (Å²) in [6.45, 7) is 6.06. The molecule has 1 N–H and O–H groups in total. The maximum atomic E-state index is 14.2. The van der Waals surface area contributed by atoms with Crippen LogP contribution in [0.2, 0.25) is 5.02 Å². The predicted octanol–water partition coefficient (Wildman–Crippen LogP) is 2.91. The molecule has 0 bridgehead atoms. The summed E-state index contributed by atoms with van der Waals surface area (Å²) < 4.78 is 14.2. The Labute approximate surface area is 169 Å². The zero-order chi connectivity index (χ0) is 19.5. The van der Waals surface area contributed by atoms with E-state index in [4.69, 9.17) is 11.6 Å². The lowest BCUT2D eigenvalue weighted by Gasteiger charge is -2.36. The highest BCUT2D eigenvalue weighted by atomic mass is 35.5. The van der Waals surface area contributed by atoms with Crippen LogP contribution in [-0.2, 0) is 0 Å². The van der Waals surface area contributed by atoms with Crippen molar-refractivity contribution >= 4 is 23.5 Å². The van der Waals surface area contributed by atoms with Crippen LogP contribution in [0.4, 0.5) is 10.3 Å². The van der Waals surface area contributed by atoms with Gasteiger partial charge in [-0.3, -0.25) is 4.99 Å². The van der Waals surface area contributed by atoms with Crippen LogP contribution in [0, 0.1) is 5.82 Å². The molecular formula is C20H24ClFN6. The molecule has 0 spiro atoms. The topological polar surface area (TPSA) is 56.7 Å². The Bertz CT molecular complexity index is 818. The van der Waals surface area contributed by atoms with Crippen molar-refractivity contribution in [3.8, 4) is 0 Å². The quantitative estimate of drug-likeness (QED) is 0.629. The second-order valence-corrected chi connectivity index (χ2v) is 7.46. The highest BCUT2D eigenvalue weighted by Crippen LogP contribution is 2.45. The molecule has 1 saturated heterocycles. The summed E-state index contributed by atoms with van der Waals surface area (Å²) in [4.78, 5) is 17.7.